The maximum atomic E-state index is 12.9. The van der Waals surface area contributed by atoms with Crippen LogP contribution in [-0.4, -0.2) is 61.9 Å². The van der Waals surface area contributed by atoms with Crippen LogP contribution >= 0.6 is 11.8 Å². The lowest BCUT2D eigenvalue weighted by molar-refractivity contribution is -0.153. The Hall–Kier alpha value is -1.79. The number of likely N-dealkylation sites (N-methyl/N-ethyl adjacent to an activating group) is 1. The van der Waals surface area contributed by atoms with Crippen molar-refractivity contribution < 1.29 is 9.53 Å². The molecule has 1 amide bonds. The first-order valence-corrected chi connectivity index (χ1v) is 11.2. The second kappa shape index (κ2) is 7.56. The van der Waals surface area contributed by atoms with Crippen molar-refractivity contribution in [1.29, 1.82) is 0 Å². The third-order valence-corrected chi connectivity index (χ3v) is 7.21. The van der Waals surface area contributed by atoms with Crippen LogP contribution in [-0.2, 0) is 9.53 Å². The lowest BCUT2D eigenvalue weighted by Gasteiger charge is -2.47. The average Bonchev–Trinajstić information content (AvgIpc) is 2.71. The number of nitrogens with zero attached hydrogens (tertiary/aromatic N) is 3. The molecular formula is C22H29N3O2S. The minimum absolute atomic E-state index is 0.139. The Morgan fingerprint density at radius 1 is 1.25 bits per heavy atom. The summed E-state index contributed by atoms with van der Waals surface area (Å²) >= 11 is 1.74. The number of ether oxygens (including phenoxy) is 1. The van der Waals surface area contributed by atoms with Gasteiger partial charge in [-0.05, 0) is 56.2 Å². The number of amides is 1. The van der Waals surface area contributed by atoms with Crippen LogP contribution in [0.1, 0.15) is 24.8 Å². The van der Waals surface area contributed by atoms with Crippen molar-refractivity contribution in [2.24, 2.45) is 5.41 Å². The number of pyridine rings is 1. The summed E-state index contributed by atoms with van der Waals surface area (Å²) < 4.78 is 5.61. The maximum Gasteiger partial charge on any atom is 0.228 e. The predicted octanol–water partition coefficient (Wildman–Crippen LogP) is 3.73. The molecular weight excluding hydrogens is 370 g/mol. The smallest absolute Gasteiger partial charge is 0.228 e. The first kappa shape index (κ1) is 19.5. The Bertz CT molecular complexity index is 893. The monoisotopic (exact) mass is 399 g/mol. The number of aromatic nitrogens is 1. The topological polar surface area (TPSA) is 45.7 Å². The van der Waals surface area contributed by atoms with E-state index >= 15 is 0 Å². The number of anilines is 1. The molecule has 0 N–H and O–H groups in total. The second-order valence-electron chi connectivity index (χ2n) is 8.20. The molecule has 0 aliphatic carbocycles. The van der Waals surface area contributed by atoms with Gasteiger partial charge in [-0.2, -0.15) is 0 Å². The third-order valence-electron chi connectivity index (χ3n) is 6.48. The Morgan fingerprint density at radius 3 is 2.68 bits per heavy atom. The molecule has 28 heavy (non-hydrogen) atoms. The fraction of sp³-hybridized carbons (Fsp3) is 0.545. The van der Waals surface area contributed by atoms with Crippen LogP contribution < -0.4 is 4.90 Å². The third kappa shape index (κ3) is 3.37. The molecule has 2 saturated heterocycles. The summed E-state index contributed by atoms with van der Waals surface area (Å²) in [5, 5.41) is 1.21. The van der Waals surface area contributed by atoms with Gasteiger partial charge in [0.15, 0.2) is 0 Å². The van der Waals surface area contributed by atoms with Crippen molar-refractivity contribution >= 4 is 34.4 Å². The van der Waals surface area contributed by atoms with E-state index in [0.717, 1.165) is 43.7 Å². The van der Waals surface area contributed by atoms with Crippen molar-refractivity contribution in [2.75, 3.05) is 44.9 Å². The SMILES string of the molecule is COC1CN(C)C(=O)C2(CCN(c3cc(C)c4ccc(SC)cc4n3)CC2)C1. The summed E-state index contributed by atoms with van der Waals surface area (Å²) in [5.74, 6) is 1.31. The lowest BCUT2D eigenvalue weighted by atomic mass is 9.71. The van der Waals surface area contributed by atoms with E-state index in [9.17, 15) is 4.79 Å². The first-order chi connectivity index (χ1) is 13.5. The number of carbonyl (C=O) groups excluding carboxylic acids is 1. The van der Waals surface area contributed by atoms with Crippen molar-refractivity contribution in [3.63, 3.8) is 0 Å². The number of hydrogen-bond donors (Lipinski definition) is 0. The lowest BCUT2D eigenvalue weighted by Crippen LogP contribution is -2.56. The second-order valence-corrected chi connectivity index (χ2v) is 9.07. The first-order valence-electron chi connectivity index (χ1n) is 9.94. The molecule has 6 heteroatoms. The van der Waals surface area contributed by atoms with Crippen LogP contribution in [0.15, 0.2) is 29.2 Å². The molecule has 4 rings (SSSR count). The van der Waals surface area contributed by atoms with Gasteiger partial charge in [0, 0.05) is 44.1 Å². The van der Waals surface area contributed by atoms with Gasteiger partial charge >= 0.3 is 0 Å². The molecule has 0 saturated carbocycles. The quantitative estimate of drug-likeness (QED) is 0.736. The van der Waals surface area contributed by atoms with Gasteiger partial charge in [-0.15, -0.1) is 11.8 Å². The zero-order valence-corrected chi connectivity index (χ0v) is 18.0. The molecule has 2 aliphatic heterocycles. The van der Waals surface area contributed by atoms with E-state index in [0.29, 0.717) is 6.54 Å². The minimum atomic E-state index is -0.276. The molecule has 2 aromatic rings. The molecule has 3 heterocycles. The molecule has 2 aliphatic rings. The zero-order valence-electron chi connectivity index (χ0n) is 17.2. The standard InChI is InChI=1S/C22H29N3O2S/c1-15-11-20(23-19-12-17(28-4)5-6-18(15)19)25-9-7-22(8-10-25)13-16(27-3)14-24(2)21(22)26/h5-6,11-12,16H,7-10,13-14H2,1-4H3. The van der Waals surface area contributed by atoms with E-state index in [2.05, 4.69) is 42.3 Å². The van der Waals surface area contributed by atoms with Crippen molar-refractivity contribution in [3.8, 4) is 0 Å². The molecule has 2 fully saturated rings. The minimum Gasteiger partial charge on any atom is -0.380 e. The van der Waals surface area contributed by atoms with Crippen LogP contribution in [0, 0.1) is 12.3 Å². The number of piperidine rings is 2. The van der Waals surface area contributed by atoms with E-state index in [1.165, 1.54) is 15.8 Å². The maximum absolute atomic E-state index is 12.9. The van der Waals surface area contributed by atoms with Crippen LogP contribution in [0.3, 0.4) is 0 Å². The van der Waals surface area contributed by atoms with Crippen LogP contribution in [0.4, 0.5) is 5.82 Å². The van der Waals surface area contributed by atoms with E-state index < -0.39 is 0 Å². The molecule has 1 spiro atoms. The van der Waals surface area contributed by atoms with Gasteiger partial charge in [-0.3, -0.25) is 4.79 Å². The molecule has 1 atom stereocenters. The molecule has 0 bridgehead atoms. The number of thioether (sulfide) groups is 1. The van der Waals surface area contributed by atoms with Crippen LogP contribution in [0.5, 0.6) is 0 Å². The number of fused-ring (bicyclic) bond motifs is 1. The van der Waals surface area contributed by atoms with Crippen LogP contribution in [0.2, 0.25) is 0 Å². The molecule has 1 aromatic heterocycles. The highest BCUT2D eigenvalue weighted by atomic mass is 32.2. The normalized spacial score (nSPS) is 22.3. The summed E-state index contributed by atoms with van der Waals surface area (Å²) in [5.41, 5.74) is 2.03. The highest BCUT2D eigenvalue weighted by Crippen LogP contribution is 2.42. The van der Waals surface area contributed by atoms with Crippen molar-refractivity contribution in [2.45, 2.75) is 37.2 Å². The van der Waals surface area contributed by atoms with Crippen molar-refractivity contribution in [3.05, 3.63) is 29.8 Å². The van der Waals surface area contributed by atoms with Crippen molar-refractivity contribution in [1.82, 2.24) is 9.88 Å². The summed E-state index contributed by atoms with van der Waals surface area (Å²) in [6.07, 6.45) is 4.79. The Kier molecular flexibility index (Phi) is 5.27. The Balaban J connectivity index is 1.57. The van der Waals surface area contributed by atoms with E-state index in [1.54, 1.807) is 18.9 Å². The zero-order chi connectivity index (χ0) is 19.9. The fourth-order valence-corrected chi connectivity index (χ4v) is 5.21. The predicted molar refractivity (Wildman–Crippen MR) is 115 cm³/mol. The number of hydrogen-bond acceptors (Lipinski definition) is 5. The number of aryl methyl sites for hydroxylation is 1. The van der Waals surface area contributed by atoms with Gasteiger partial charge in [0.2, 0.25) is 5.91 Å². The van der Waals surface area contributed by atoms with Gasteiger partial charge in [-0.25, -0.2) is 4.98 Å². The number of likely N-dealkylation sites (tertiary alicyclic amines) is 1. The summed E-state index contributed by atoms with van der Waals surface area (Å²) in [6, 6.07) is 8.68. The summed E-state index contributed by atoms with van der Waals surface area (Å²) in [7, 11) is 3.65. The molecule has 1 unspecified atom stereocenters. The van der Waals surface area contributed by atoms with Crippen LogP contribution in [0.25, 0.3) is 10.9 Å². The Labute approximate surface area is 171 Å². The molecule has 0 radical (unpaired) electrons. The van der Waals surface area contributed by atoms with Gasteiger partial charge in [0.05, 0.1) is 17.0 Å². The molecule has 150 valence electrons. The average molecular weight is 400 g/mol. The van der Waals surface area contributed by atoms with E-state index in [4.69, 9.17) is 9.72 Å². The van der Waals surface area contributed by atoms with Gasteiger partial charge in [0.1, 0.15) is 5.82 Å². The summed E-state index contributed by atoms with van der Waals surface area (Å²) in [4.78, 5) is 23.3. The molecule has 1 aromatic carbocycles. The van der Waals surface area contributed by atoms with Gasteiger partial charge in [0.25, 0.3) is 0 Å². The summed E-state index contributed by atoms with van der Waals surface area (Å²) in [6.45, 7) is 4.57. The highest BCUT2D eigenvalue weighted by molar-refractivity contribution is 7.98. The largest absolute Gasteiger partial charge is 0.380 e. The van der Waals surface area contributed by atoms with E-state index in [1.807, 2.05) is 11.9 Å². The number of methoxy groups -OCH3 is 1. The highest BCUT2D eigenvalue weighted by Gasteiger charge is 2.48. The van der Waals surface area contributed by atoms with Gasteiger partial charge in [-0.1, -0.05) is 6.07 Å². The van der Waals surface area contributed by atoms with E-state index in [-0.39, 0.29) is 17.4 Å². The fourth-order valence-electron chi connectivity index (χ4n) is 4.77. The number of carbonyl (C=O) groups is 1. The van der Waals surface area contributed by atoms with Gasteiger partial charge < -0.3 is 14.5 Å². The number of benzene rings is 1. The number of rotatable bonds is 3. The molecule has 5 nitrogen and oxygen atoms in total. The Morgan fingerprint density at radius 2 is 2.00 bits per heavy atom.